The molecule has 3 nitrogen and oxygen atoms in total. The van der Waals surface area contributed by atoms with Crippen molar-refractivity contribution in [3.63, 3.8) is 0 Å². The summed E-state index contributed by atoms with van der Waals surface area (Å²) in [4.78, 5) is 4.38. The molecule has 0 amide bonds. The van der Waals surface area contributed by atoms with Crippen molar-refractivity contribution >= 4 is 10.9 Å². The highest BCUT2D eigenvalue weighted by Gasteiger charge is 2.42. The van der Waals surface area contributed by atoms with E-state index in [1.165, 1.54) is 37.3 Å². The predicted octanol–water partition coefficient (Wildman–Crippen LogP) is 3.82. The van der Waals surface area contributed by atoms with Crippen LogP contribution >= 0.6 is 0 Å². The Balaban J connectivity index is 1.51. The van der Waals surface area contributed by atoms with E-state index in [0.717, 1.165) is 29.2 Å². The SMILES string of the molecule is CN[C@@H](O)CC1CC2CC(c3ccnc4ccc(F)cc34)CC2C1. The third kappa shape index (κ3) is 2.93. The lowest BCUT2D eigenvalue weighted by Crippen LogP contribution is -2.26. The van der Waals surface area contributed by atoms with Crippen molar-refractivity contribution in [3.8, 4) is 0 Å². The maximum absolute atomic E-state index is 13.7. The molecule has 4 heteroatoms. The lowest BCUT2D eigenvalue weighted by atomic mass is 9.89. The number of aliphatic hydroxyl groups is 1. The quantitative estimate of drug-likeness (QED) is 0.839. The average Bonchev–Trinajstić information content (AvgIpc) is 3.12. The lowest BCUT2D eigenvalue weighted by Gasteiger charge is -2.18. The zero-order valence-corrected chi connectivity index (χ0v) is 14.1. The number of nitrogens with one attached hydrogen (secondary N) is 1. The summed E-state index contributed by atoms with van der Waals surface area (Å²) < 4.78 is 13.7. The van der Waals surface area contributed by atoms with Crippen LogP contribution in [0.2, 0.25) is 0 Å². The minimum Gasteiger partial charge on any atom is -0.379 e. The summed E-state index contributed by atoms with van der Waals surface area (Å²) >= 11 is 0. The summed E-state index contributed by atoms with van der Waals surface area (Å²) in [5.74, 6) is 2.47. The van der Waals surface area contributed by atoms with Crippen LogP contribution in [0.1, 0.15) is 43.6 Å². The van der Waals surface area contributed by atoms with Gasteiger partial charge in [0.05, 0.1) is 5.52 Å². The molecule has 2 fully saturated rings. The van der Waals surface area contributed by atoms with Gasteiger partial charge in [0.1, 0.15) is 12.0 Å². The van der Waals surface area contributed by atoms with Crippen LogP contribution in [0.4, 0.5) is 4.39 Å². The highest BCUT2D eigenvalue weighted by atomic mass is 19.1. The molecule has 0 saturated heterocycles. The number of aliphatic hydroxyl groups excluding tert-OH is 1. The van der Waals surface area contributed by atoms with Gasteiger partial charge >= 0.3 is 0 Å². The van der Waals surface area contributed by atoms with Crippen LogP contribution in [-0.2, 0) is 0 Å². The molecule has 2 aliphatic carbocycles. The fourth-order valence-corrected chi connectivity index (χ4v) is 5.12. The van der Waals surface area contributed by atoms with Crippen molar-refractivity contribution in [2.45, 2.75) is 44.2 Å². The molecule has 0 radical (unpaired) electrons. The maximum atomic E-state index is 13.7. The first kappa shape index (κ1) is 16.0. The number of benzene rings is 1. The summed E-state index contributed by atoms with van der Waals surface area (Å²) in [5, 5.41) is 13.7. The Hall–Kier alpha value is -1.52. The van der Waals surface area contributed by atoms with Gasteiger partial charge in [0.2, 0.25) is 0 Å². The standard InChI is InChI=1S/C20H25FN2O/c1-22-20(24)8-12-6-13-9-15(10-14(13)7-12)17-4-5-23-19-3-2-16(21)11-18(17)19/h2-5,11-15,20,22,24H,6-10H2,1H3/t12?,13?,14?,15?,20-/m0/s1. The number of halogens is 1. The first-order valence-corrected chi connectivity index (χ1v) is 9.03. The molecule has 2 N–H and O–H groups in total. The molecular formula is C20H25FN2O. The molecule has 1 aromatic heterocycles. The Kier molecular flexibility index (Phi) is 4.27. The normalized spacial score (nSPS) is 30.6. The van der Waals surface area contributed by atoms with Crippen molar-refractivity contribution in [1.82, 2.24) is 10.3 Å². The van der Waals surface area contributed by atoms with Gasteiger partial charge in [0, 0.05) is 11.6 Å². The molecule has 4 rings (SSSR count). The summed E-state index contributed by atoms with van der Waals surface area (Å²) in [6.45, 7) is 0. The van der Waals surface area contributed by atoms with Gasteiger partial charge < -0.3 is 5.11 Å². The van der Waals surface area contributed by atoms with Crippen molar-refractivity contribution in [2.24, 2.45) is 17.8 Å². The topological polar surface area (TPSA) is 45.1 Å². The summed E-state index contributed by atoms with van der Waals surface area (Å²) in [6, 6.07) is 6.98. The zero-order chi connectivity index (χ0) is 16.7. The Morgan fingerprint density at radius 2 is 1.96 bits per heavy atom. The lowest BCUT2D eigenvalue weighted by molar-refractivity contribution is 0.115. The van der Waals surface area contributed by atoms with Crippen LogP contribution < -0.4 is 5.32 Å². The first-order valence-electron chi connectivity index (χ1n) is 9.03. The van der Waals surface area contributed by atoms with E-state index in [-0.39, 0.29) is 12.0 Å². The van der Waals surface area contributed by atoms with Crippen molar-refractivity contribution in [2.75, 3.05) is 7.05 Å². The molecule has 3 atom stereocenters. The monoisotopic (exact) mass is 328 g/mol. The van der Waals surface area contributed by atoms with Crippen molar-refractivity contribution in [3.05, 3.63) is 41.8 Å². The fraction of sp³-hybridized carbons (Fsp3) is 0.550. The minimum atomic E-state index is -0.378. The Bertz CT molecular complexity index is 721. The molecule has 24 heavy (non-hydrogen) atoms. The van der Waals surface area contributed by atoms with Crippen LogP contribution in [0.5, 0.6) is 0 Å². The highest BCUT2D eigenvalue weighted by molar-refractivity contribution is 5.82. The molecule has 0 bridgehead atoms. The Morgan fingerprint density at radius 3 is 2.67 bits per heavy atom. The van der Waals surface area contributed by atoms with E-state index in [0.29, 0.717) is 11.8 Å². The number of nitrogens with zero attached hydrogens (tertiary/aromatic N) is 1. The van der Waals surface area contributed by atoms with Crippen LogP contribution in [0.15, 0.2) is 30.5 Å². The Morgan fingerprint density at radius 1 is 1.21 bits per heavy atom. The molecule has 128 valence electrons. The van der Waals surface area contributed by atoms with Gasteiger partial charge in [-0.3, -0.25) is 10.3 Å². The number of hydrogen-bond donors (Lipinski definition) is 2. The third-order valence-electron chi connectivity index (χ3n) is 6.18. The van der Waals surface area contributed by atoms with Crippen LogP contribution in [0.25, 0.3) is 10.9 Å². The highest BCUT2D eigenvalue weighted by Crippen LogP contribution is 2.53. The Labute approximate surface area is 142 Å². The van der Waals surface area contributed by atoms with E-state index in [1.807, 2.05) is 13.2 Å². The van der Waals surface area contributed by atoms with E-state index in [4.69, 9.17) is 0 Å². The molecule has 1 heterocycles. The summed E-state index contributed by atoms with van der Waals surface area (Å²) in [5.41, 5.74) is 2.15. The maximum Gasteiger partial charge on any atom is 0.123 e. The molecule has 0 aliphatic heterocycles. The molecule has 0 spiro atoms. The van der Waals surface area contributed by atoms with E-state index < -0.39 is 0 Å². The first-order chi connectivity index (χ1) is 11.6. The van der Waals surface area contributed by atoms with Crippen molar-refractivity contribution in [1.29, 1.82) is 0 Å². The van der Waals surface area contributed by atoms with E-state index in [1.54, 1.807) is 12.1 Å². The van der Waals surface area contributed by atoms with E-state index in [9.17, 15) is 9.50 Å². The van der Waals surface area contributed by atoms with Gasteiger partial charge in [0.15, 0.2) is 0 Å². The number of hydrogen-bond acceptors (Lipinski definition) is 3. The predicted molar refractivity (Wildman–Crippen MR) is 93.1 cm³/mol. The number of pyridine rings is 1. The second-order valence-electron chi connectivity index (χ2n) is 7.63. The number of fused-ring (bicyclic) bond motifs is 2. The van der Waals surface area contributed by atoms with Crippen molar-refractivity contribution < 1.29 is 9.50 Å². The number of aromatic nitrogens is 1. The van der Waals surface area contributed by atoms with Gasteiger partial charge in [-0.15, -0.1) is 0 Å². The largest absolute Gasteiger partial charge is 0.379 e. The summed E-state index contributed by atoms with van der Waals surface area (Å²) in [7, 11) is 1.81. The van der Waals surface area contributed by atoms with Crippen LogP contribution in [-0.4, -0.2) is 23.4 Å². The van der Waals surface area contributed by atoms with Gasteiger partial charge in [-0.05, 0) is 92.7 Å². The fourth-order valence-electron chi connectivity index (χ4n) is 5.12. The zero-order valence-electron chi connectivity index (χ0n) is 14.1. The second kappa shape index (κ2) is 6.41. The van der Waals surface area contributed by atoms with Gasteiger partial charge in [-0.25, -0.2) is 4.39 Å². The smallest absolute Gasteiger partial charge is 0.123 e. The van der Waals surface area contributed by atoms with Crippen LogP contribution in [0, 0.1) is 23.6 Å². The summed E-state index contributed by atoms with van der Waals surface area (Å²) in [6.07, 6.45) is 7.15. The molecule has 2 saturated carbocycles. The van der Waals surface area contributed by atoms with E-state index >= 15 is 0 Å². The second-order valence-corrected chi connectivity index (χ2v) is 7.63. The minimum absolute atomic E-state index is 0.184. The third-order valence-corrected chi connectivity index (χ3v) is 6.18. The van der Waals surface area contributed by atoms with Gasteiger partial charge in [-0.1, -0.05) is 0 Å². The molecular weight excluding hydrogens is 303 g/mol. The van der Waals surface area contributed by atoms with Gasteiger partial charge in [-0.2, -0.15) is 0 Å². The molecule has 1 aromatic carbocycles. The molecule has 2 aromatic rings. The molecule has 2 aliphatic rings. The van der Waals surface area contributed by atoms with Gasteiger partial charge in [0.25, 0.3) is 0 Å². The molecule has 2 unspecified atom stereocenters. The van der Waals surface area contributed by atoms with Crippen LogP contribution in [0.3, 0.4) is 0 Å². The van der Waals surface area contributed by atoms with E-state index in [2.05, 4.69) is 16.4 Å². The average molecular weight is 328 g/mol. The number of rotatable bonds is 4.